The van der Waals surface area contributed by atoms with Crippen LogP contribution in [0.4, 0.5) is 0 Å². The average molecular weight is 403 g/mol. The monoisotopic (exact) mass is 403 g/mol. The second kappa shape index (κ2) is 9.12. The average Bonchev–Trinajstić information content (AvgIpc) is 3.26. The second-order valence-electron chi connectivity index (χ2n) is 5.30. The Kier molecular flexibility index (Phi) is 7.85. The Hall–Kier alpha value is -0.980. The Morgan fingerprint density at radius 1 is 1.33 bits per heavy atom. The molecule has 21 heavy (non-hydrogen) atoms. The van der Waals surface area contributed by atoms with Crippen LogP contribution in [0.3, 0.4) is 0 Å². The van der Waals surface area contributed by atoms with Gasteiger partial charge in [-0.15, -0.1) is 24.0 Å². The molecule has 4 nitrogen and oxygen atoms in total. The van der Waals surface area contributed by atoms with E-state index in [1.165, 1.54) is 18.4 Å². The van der Waals surface area contributed by atoms with Gasteiger partial charge in [0.2, 0.25) is 0 Å². The molecular formula is C16H26IN3O. The Balaban J connectivity index is 0.00000220. The van der Waals surface area contributed by atoms with E-state index in [4.69, 9.17) is 4.74 Å². The Labute approximate surface area is 145 Å². The number of nitrogens with one attached hydrogen (secondary N) is 1. The van der Waals surface area contributed by atoms with Crippen LogP contribution in [0.15, 0.2) is 29.3 Å². The van der Waals surface area contributed by atoms with Gasteiger partial charge in [-0.1, -0.05) is 12.1 Å². The van der Waals surface area contributed by atoms with Crippen LogP contribution in [-0.2, 0) is 6.54 Å². The van der Waals surface area contributed by atoms with Gasteiger partial charge in [0.25, 0.3) is 0 Å². The van der Waals surface area contributed by atoms with Gasteiger partial charge in [0.05, 0.1) is 6.61 Å². The number of rotatable bonds is 6. The SMILES string of the molecule is CCOc1ccc(CN(C)C(=NC)NCC2CC2)cc1.I. The van der Waals surface area contributed by atoms with Gasteiger partial charge >= 0.3 is 0 Å². The highest BCUT2D eigenvalue weighted by atomic mass is 127. The molecule has 1 fully saturated rings. The lowest BCUT2D eigenvalue weighted by Gasteiger charge is -2.22. The molecule has 0 aliphatic heterocycles. The van der Waals surface area contributed by atoms with Crippen LogP contribution < -0.4 is 10.1 Å². The molecule has 5 heteroatoms. The standard InChI is InChI=1S/C16H25N3O.HI/c1-4-20-15-9-7-14(8-10-15)12-19(3)16(17-2)18-11-13-5-6-13;/h7-10,13H,4-6,11-12H2,1-3H3,(H,17,18);1H. The maximum Gasteiger partial charge on any atom is 0.193 e. The Morgan fingerprint density at radius 2 is 2.00 bits per heavy atom. The van der Waals surface area contributed by atoms with E-state index in [0.29, 0.717) is 6.61 Å². The first kappa shape index (κ1) is 18.1. The van der Waals surface area contributed by atoms with Crippen molar-refractivity contribution in [3.05, 3.63) is 29.8 Å². The third-order valence-corrected chi connectivity index (χ3v) is 3.47. The molecule has 0 amide bonds. The summed E-state index contributed by atoms with van der Waals surface area (Å²) in [6.45, 7) is 4.59. The Morgan fingerprint density at radius 3 is 2.52 bits per heavy atom. The smallest absolute Gasteiger partial charge is 0.193 e. The molecule has 0 spiro atoms. The maximum absolute atomic E-state index is 5.46. The van der Waals surface area contributed by atoms with Gasteiger partial charge in [0.1, 0.15) is 5.75 Å². The molecule has 0 bridgehead atoms. The zero-order valence-electron chi connectivity index (χ0n) is 13.1. The summed E-state index contributed by atoms with van der Waals surface area (Å²) in [5, 5.41) is 3.43. The minimum absolute atomic E-state index is 0. The number of benzene rings is 1. The number of nitrogens with zero attached hydrogens (tertiary/aromatic N) is 2. The van der Waals surface area contributed by atoms with Gasteiger partial charge in [0.15, 0.2) is 5.96 Å². The fourth-order valence-electron chi connectivity index (χ4n) is 2.15. The van der Waals surface area contributed by atoms with Crippen molar-refractivity contribution in [2.75, 3.05) is 27.2 Å². The van der Waals surface area contributed by atoms with Crippen molar-refractivity contribution in [1.82, 2.24) is 10.2 Å². The molecule has 1 aromatic carbocycles. The van der Waals surface area contributed by atoms with E-state index in [1.54, 1.807) is 0 Å². The van der Waals surface area contributed by atoms with Crippen LogP contribution in [0.2, 0.25) is 0 Å². The summed E-state index contributed by atoms with van der Waals surface area (Å²) in [6.07, 6.45) is 2.71. The van der Waals surface area contributed by atoms with Crippen LogP contribution in [0.25, 0.3) is 0 Å². The number of hydrogen-bond donors (Lipinski definition) is 1. The minimum Gasteiger partial charge on any atom is -0.494 e. The Bertz CT molecular complexity index is 443. The van der Waals surface area contributed by atoms with E-state index in [9.17, 15) is 0 Å². The highest BCUT2D eigenvalue weighted by Gasteiger charge is 2.21. The fourth-order valence-corrected chi connectivity index (χ4v) is 2.15. The first-order valence-electron chi connectivity index (χ1n) is 7.36. The van der Waals surface area contributed by atoms with Gasteiger partial charge in [-0.25, -0.2) is 0 Å². The molecule has 1 aromatic rings. The molecule has 1 aliphatic carbocycles. The fraction of sp³-hybridized carbons (Fsp3) is 0.562. The summed E-state index contributed by atoms with van der Waals surface area (Å²) in [5.41, 5.74) is 1.25. The molecule has 0 aromatic heterocycles. The largest absolute Gasteiger partial charge is 0.494 e. The van der Waals surface area contributed by atoms with Gasteiger partial charge in [-0.2, -0.15) is 0 Å². The minimum atomic E-state index is 0. The van der Waals surface area contributed by atoms with Crippen molar-refractivity contribution < 1.29 is 4.74 Å². The van der Waals surface area contributed by atoms with Gasteiger partial charge < -0.3 is 15.0 Å². The number of hydrogen-bond acceptors (Lipinski definition) is 2. The molecule has 0 atom stereocenters. The first-order chi connectivity index (χ1) is 9.72. The molecule has 1 aliphatic rings. The summed E-state index contributed by atoms with van der Waals surface area (Å²) in [5.74, 6) is 2.74. The molecule has 1 N–H and O–H groups in total. The van der Waals surface area contributed by atoms with E-state index in [0.717, 1.165) is 30.7 Å². The van der Waals surface area contributed by atoms with Crippen LogP contribution in [-0.4, -0.2) is 38.1 Å². The molecule has 118 valence electrons. The number of halogens is 1. The van der Waals surface area contributed by atoms with Gasteiger partial charge in [-0.3, -0.25) is 4.99 Å². The van der Waals surface area contributed by atoms with Crippen molar-refractivity contribution in [3.63, 3.8) is 0 Å². The predicted octanol–water partition coefficient (Wildman–Crippen LogP) is 3.12. The van der Waals surface area contributed by atoms with E-state index in [2.05, 4.69) is 34.4 Å². The van der Waals surface area contributed by atoms with Crippen LogP contribution >= 0.6 is 24.0 Å². The zero-order valence-corrected chi connectivity index (χ0v) is 15.5. The maximum atomic E-state index is 5.46. The highest BCUT2D eigenvalue weighted by molar-refractivity contribution is 14.0. The summed E-state index contributed by atoms with van der Waals surface area (Å²) in [6, 6.07) is 8.26. The number of aliphatic imine (C=N–C) groups is 1. The quantitative estimate of drug-likeness (QED) is 0.451. The van der Waals surface area contributed by atoms with E-state index >= 15 is 0 Å². The summed E-state index contributed by atoms with van der Waals surface area (Å²) >= 11 is 0. The van der Waals surface area contributed by atoms with Crippen molar-refractivity contribution in [2.45, 2.75) is 26.3 Å². The predicted molar refractivity (Wildman–Crippen MR) is 98.6 cm³/mol. The normalized spacial score (nSPS) is 14.3. The van der Waals surface area contributed by atoms with Gasteiger partial charge in [-0.05, 0) is 43.4 Å². The van der Waals surface area contributed by atoms with Gasteiger partial charge in [0, 0.05) is 27.2 Å². The molecule has 2 rings (SSSR count). The topological polar surface area (TPSA) is 36.9 Å². The third kappa shape index (κ3) is 6.11. The number of guanidine groups is 1. The van der Waals surface area contributed by atoms with E-state index < -0.39 is 0 Å². The van der Waals surface area contributed by atoms with Crippen molar-refractivity contribution in [3.8, 4) is 5.75 Å². The molecule has 0 unspecified atom stereocenters. The summed E-state index contributed by atoms with van der Waals surface area (Å²) in [4.78, 5) is 6.49. The lowest BCUT2D eigenvalue weighted by Crippen LogP contribution is -2.39. The van der Waals surface area contributed by atoms with E-state index in [-0.39, 0.29) is 24.0 Å². The first-order valence-corrected chi connectivity index (χ1v) is 7.36. The van der Waals surface area contributed by atoms with Crippen molar-refractivity contribution >= 4 is 29.9 Å². The molecule has 1 saturated carbocycles. The van der Waals surface area contributed by atoms with Crippen LogP contribution in [0.1, 0.15) is 25.3 Å². The third-order valence-electron chi connectivity index (χ3n) is 3.47. The summed E-state index contributed by atoms with van der Waals surface area (Å²) in [7, 11) is 3.91. The van der Waals surface area contributed by atoms with Crippen LogP contribution in [0, 0.1) is 5.92 Å². The molecule has 0 saturated heterocycles. The molecule has 0 heterocycles. The lowest BCUT2D eigenvalue weighted by atomic mass is 10.2. The van der Waals surface area contributed by atoms with Crippen molar-refractivity contribution in [1.29, 1.82) is 0 Å². The zero-order chi connectivity index (χ0) is 14.4. The number of ether oxygens (including phenoxy) is 1. The molecular weight excluding hydrogens is 377 g/mol. The van der Waals surface area contributed by atoms with Crippen LogP contribution in [0.5, 0.6) is 5.75 Å². The molecule has 0 radical (unpaired) electrons. The second-order valence-corrected chi connectivity index (χ2v) is 5.30. The lowest BCUT2D eigenvalue weighted by molar-refractivity contribution is 0.340. The van der Waals surface area contributed by atoms with E-state index in [1.807, 2.05) is 26.1 Å². The summed E-state index contributed by atoms with van der Waals surface area (Å²) < 4.78 is 5.46. The highest BCUT2D eigenvalue weighted by Crippen LogP contribution is 2.27. The van der Waals surface area contributed by atoms with Crippen molar-refractivity contribution in [2.24, 2.45) is 10.9 Å².